The second kappa shape index (κ2) is 9.97. The first-order chi connectivity index (χ1) is 9.99. The number of rotatable bonds is 10. The maximum Gasteiger partial charge on any atom is 0.0307 e. The van der Waals surface area contributed by atoms with E-state index in [0.717, 1.165) is 24.8 Å². The average Bonchev–Trinajstić information content (AvgIpc) is 2.46. The van der Waals surface area contributed by atoms with Gasteiger partial charge in [-0.25, -0.2) is 0 Å². The lowest BCUT2D eigenvalue weighted by Gasteiger charge is -2.25. The molecular formula is C19H34N2. The Morgan fingerprint density at radius 2 is 1.29 bits per heavy atom. The van der Waals surface area contributed by atoms with E-state index in [0.29, 0.717) is 0 Å². The summed E-state index contributed by atoms with van der Waals surface area (Å²) in [5.74, 6) is 1.55. The van der Waals surface area contributed by atoms with Gasteiger partial charge in [0.25, 0.3) is 0 Å². The van der Waals surface area contributed by atoms with Crippen LogP contribution in [-0.2, 0) is 0 Å². The summed E-state index contributed by atoms with van der Waals surface area (Å²) in [4.78, 5) is 2.60. The molecule has 2 heteroatoms. The zero-order valence-electron chi connectivity index (χ0n) is 14.4. The third-order valence-corrected chi connectivity index (χ3v) is 4.03. The molecule has 0 spiro atoms. The summed E-state index contributed by atoms with van der Waals surface area (Å²) >= 11 is 0. The molecule has 0 amide bonds. The minimum absolute atomic E-state index is 0.159. The van der Waals surface area contributed by atoms with E-state index in [2.05, 4.69) is 56.9 Å². The number of nitrogens with zero attached hydrogens (tertiary/aromatic N) is 1. The van der Waals surface area contributed by atoms with Crippen LogP contribution in [0.15, 0.2) is 30.3 Å². The molecule has 1 aromatic carbocycles. The topological polar surface area (TPSA) is 29.3 Å². The SMILES string of the molecule is CC(C)CCN(CCC(C)C)CCC(N)c1ccccc1. The molecule has 0 bridgehead atoms. The van der Waals surface area contributed by atoms with Crippen molar-refractivity contribution in [3.63, 3.8) is 0 Å². The summed E-state index contributed by atoms with van der Waals surface area (Å²) in [7, 11) is 0. The van der Waals surface area contributed by atoms with Crippen molar-refractivity contribution in [1.82, 2.24) is 4.90 Å². The molecule has 0 saturated heterocycles. The molecule has 120 valence electrons. The van der Waals surface area contributed by atoms with Gasteiger partial charge in [0, 0.05) is 6.04 Å². The molecule has 1 unspecified atom stereocenters. The molecule has 0 heterocycles. The molecule has 0 aliphatic heterocycles. The van der Waals surface area contributed by atoms with Crippen molar-refractivity contribution >= 4 is 0 Å². The molecule has 0 saturated carbocycles. The third-order valence-electron chi connectivity index (χ3n) is 4.03. The minimum Gasteiger partial charge on any atom is -0.324 e. The van der Waals surface area contributed by atoms with E-state index < -0.39 is 0 Å². The minimum atomic E-state index is 0.159. The van der Waals surface area contributed by atoms with Crippen molar-refractivity contribution in [3.8, 4) is 0 Å². The van der Waals surface area contributed by atoms with Gasteiger partial charge in [0.1, 0.15) is 0 Å². The van der Waals surface area contributed by atoms with Crippen LogP contribution in [-0.4, -0.2) is 24.5 Å². The summed E-state index contributed by atoms with van der Waals surface area (Å²) in [6.07, 6.45) is 3.59. The van der Waals surface area contributed by atoms with E-state index in [4.69, 9.17) is 5.73 Å². The van der Waals surface area contributed by atoms with Gasteiger partial charge in [-0.05, 0) is 56.3 Å². The molecule has 1 rings (SSSR count). The second-order valence-electron chi connectivity index (χ2n) is 7.01. The van der Waals surface area contributed by atoms with Gasteiger partial charge in [-0.2, -0.15) is 0 Å². The van der Waals surface area contributed by atoms with Crippen molar-refractivity contribution in [2.75, 3.05) is 19.6 Å². The van der Waals surface area contributed by atoms with Gasteiger partial charge in [-0.3, -0.25) is 0 Å². The van der Waals surface area contributed by atoms with E-state index >= 15 is 0 Å². The molecule has 21 heavy (non-hydrogen) atoms. The average molecular weight is 290 g/mol. The van der Waals surface area contributed by atoms with E-state index in [9.17, 15) is 0 Å². The van der Waals surface area contributed by atoms with Crippen molar-refractivity contribution in [3.05, 3.63) is 35.9 Å². The normalized spacial score (nSPS) is 13.3. The smallest absolute Gasteiger partial charge is 0.0307 e. The Hall–Kier alpha value is -0.860. The summed E-state index contributed by atoms with van der Waals surface area (Å²) in [5, 5.41) is 0. The van der Waals surface area contributed by atoms with Crippen LogP contribution in [0.4, 0.5) is 0 Å². The van der Waals surface area contributed by atoms with Gasteiger partial charge in [0.2, 0.25) is 0 Å². The predicted molar refractivity (Wildman–Crippen MR) is 93.3 cm³/mol. The third kappa shape index (κ3) is 8.23. The number of nitrogens with two attached hydrogens (primary N) is 1. The molecule has 0 radical (unpaired) electrons. The van der Waals surface area contributed by atoms with Crippen LogP contribution in [0.2, 0.25) is 0 Å². The highest BCUT2D eigenvalue weighted by Crippen LogP contribution is 2.15. The zero-order valence-corrected chi connectivity index (χ0v) is 14.4. The maximum atomic E-state index is 6.33. The largest absolute Gasteiger partial charge is 0.324 e. The Balaban J connectivity index is 2.43. The molecule has 0 aliphatic carbocycles. The zero-order chi connectivity index (χ0) is 15.7. The Morgan fingerprint density at radius 3 is 1.76 bits per heavy atom. The van der Waals surface area contributed by atoms with Crippen LogP contribution in [0.25, 0.3) is 0 Å². The molecular weight excluding hydrogens is 256 g/mol. The lowest BCUT2D eigenvalue weighted by atomic mass is 10.0. The van der Waals surface area contributed by atoms with Crippen molar-refractivity contribution in [1.29, 1.82) is 0 Å². The van der Waals surface area contributed by atoms with Crippen LogP contribution in [0, 0.1) is 11.8 Å². The molecule has 1 aromatic rings. The molecule has 1 atom stereocenters. The summed E-state index contributed by atoms with van der Waals surface area (Å²) in [5.41, 5.74) is 7.58. The highest BCUT2D eigenvalue weighted by molar-refractivity contribution is 5.18. The van der Waals surface area contributed by atoms with Crippen molar-refractivity contribution in [2.24, 2.45) is 17.6 Å². The number of hydrogen-bond acceptors (Lipinski definition) is 2. The maximum absolute atomic E-state index is 6.33. The monoisotopic (exact) mass is 290 g/mol. The molecule has 0 aromatic heterocycles. The van der Waals surface area contributed by atoms with Gasteiger partial charge in [0.05, 0.1) is 0 Å². The van der Waals surface area contributed by atoms with Crippen molar-refractivity contribution in [2.45, 2.75) is 53.0 Å². The van der Waals surface area contributed by atoms with Gasteiger partial charge in [-0.1, -0.05) is 58.0 Å². The number of hydrogen-bond donors (Lipinski definition) is 1. The fourth-order valence-electron chi connectivity index (χ4n) is 2.41. The first kappa shape index (κ1) is 18.2. The van der Waals surface area contributed by atoms with Gasteiger partial charge in [-0.15, -0.1) is 0 Å². The highest BCUT2D eigenvalue weighted by Gasteiger charge is 2.11. The summed E-state index contributed by atoms with van der Waals surface area (Å²) < 4.78 is 0. The Labute approximate surface area is 131 Å². The van der Waals surface area contributed by atoms with E-state index in [1.54, 1.807) is 0 Å². The van der Waals surface area contributed by atoms with Crippen LogP contribution < -0.4 is 5.73 Å². The fourth-order valence-corrected chi connectivity index (χ4v) is 2.41. The quantitative estimate of drug-likeness (QED) is 0.689. The van der Waals surface area contributed by atoms with Crippen LogP contribution in [0.1, 0.15) is 58.6 Å². The van der Waals surface area contributed by atoms with Crippen LogP contribution >= 0.6 is 0 Å². The lowest BCUT2D eigenvalue weighted by molar-refractivity contribution is 0.235. The second-order valence-corrected chi connectivity index (χ2v) is 7.01. The van der Waals surface area contributed by atoms with Crippen LogP contribution in [0.5, 0.6) is 0 Å². The Bertz CT molecular complexity index is 347. The predicted octanol–water partition coefficient (Wildman–Crippen LogP) is 4.47. The summed E-state index contributed by atoms with van der Waals surface area (Å²) in [6.45, 7) is 12.7. The van der Waals surface area contributed by atoms with Gasteiger partial charge < -0.3 is 10.6 Å². The molecule has 2 nitrogen and oxygen atoms in total. The van der Waals surface area contributed by atoms with E-state index in [1.807, 2.05) is 6.07 Å². The first-order valence-corrected chi connectivity index (χ1v) is 8.52. The lowest BCUT2D eigenvalue weighted by Crippen LogP contribution is -2.30. The molecule has 0 aliphatic rings. The Kier molecular flexibility index (Phi) is 8.63. The molecule has 0 fully saturated rings. The number of benzene rings is 1. The molecule has 2 N–H and O–H groups in total. The fraction of sp³-hybridized carbons (Fsp3) is 0.684. The first-order valence-electron chi connectivity index (χ1n) is 8.52. The summed E-state index contributed by atoms with van der Waals surface area (Å²) in [6, 6.07) is 10.6. The van der Waals surface area contributed by atoms with E-state index in [-0.39, 0.29) is 6.04 Å². The standard InChI is InChI=1S/C19H34N2/c1-16(2)10-13-21(14-11-17(3)4)15-12-19(20)18-8-6-5-7-9-18/h5-9,16-17,19H,10-15,20H2,1-4H3. The van der Waals surface area contributed by atoms with Gasteiger partial charge >= 0.3 is 0 Å². The van der Waals surface area contributed by atoms with Crippen molar-refractivity contribution < 1.29 is 0 Å². The van der Waals surface area contributed by atoms with Crippen LogP contribution in [0.3, 0.4) is 0 Å². The Morgan fingerprint density at radius 1 is 0.810 bits per heavy atom. The van der Waals surface area contributed by atoms with E-state index in [1.165, 1.54) is 31.5 Å². The highest BCUT2D eigenvalue weighted by atomic mass is 15.1. The van der Waals surface area contributed by atoms with Gasteiger partial charge in [0.15, 0.2) is 0 Å².